The zero-order valence-corrected chi connectivity index (χ0v) is 42.6. The summed E-state index contributed by atoms with van der Waals surface area (Å²) in [7, 11) is 0. The van der Waals surface area contributed by atoms with Crippen molar-refractivity contribution < 1.29 is 24.2 Å². The van der Waals surface area contributed by atoms with Crippen molar-refractivity contribution in [1.29, 1.82) is 0 Å². The van der Waals surface area contributed by atoms with Gasteiger partial charge in [-0.25, -0.2) is 0 Å². The molecule has 1 atom stereocenters. The highest BCUT2D eigenvalue weighted by Crippen LogP contribution is 2.11. The number of carbonyl (C=O) groups is 2. The molecule has 0 saturated carbocycles. The van der Waals surface area contributed by atoms with E-state index in [1.165, 1.54) is 25.7 Å². The number of rotatable bonds is 46. The fourth-order valence-corrected chi connectivity index (χ4v) is 6.57. The Morgan fingerprint density at radius 1 is 0.358 bits per heavy atom. The van der Waals surface area contributed by atoms with Crippen molar-refractivity contribution >= 4 is 11.9 Å². The quantitative estimate of drug-likeness (QED) is 0.0374. The van der Waals surface area contributed by atoms with Crippen molar-refractivity contribution in [2.75, 3.05) is 13.2 Å². The Bertz CT molecular complexity index is 1510. The van der Waals surface area contributed by atoms with Crippen LogP contribution in [0.2, 0.25) is 0 Å². The SMILES string of the molecule is CC/C=C\C/C=C\C/C=C\C/C=C\C/C=C\C/C=C\C/C=C\C/C=C\C/C=C\C/C=C\C/C=C\CCCCCCCC(=O)OC(CO)COC(=O)CCCCCCC/C=C\C/C=C\CCCC. The lowest BCUT2D eigenvalue weighted by molar-refractivity contribution is -0.161. The molecule has 0 heterocycles. The van der Waals surface area contributed by atoms with Crippen LogP contribution in [0.1, 0.15) is 200 Å². The number of allylic oxidation sites excluding steroid dienone is 26. The largest absolute Gasteiger partial charge is 0.462 e. The molecule has 0 radical (unpaired) electrons. The average Bonchev–Trinajstić information content (AvgIpc) is 3.33. The highest BCUT2D eigenvalue weighted by Gasteiger charge is 2.16. The van der Waals surface area contributed by atoms with Crippen LogP contribution in [-0.4, -0.2) is 36.4 Å². The molecule has 0 bridgehead atoms. The summed E-state index contributed by atoms with van der Waals surface area (Å²) in [4.78, 5) is 24.4. The third kappa shape index (κ3) is 54.0. The molecule has 0 fully saturated rings. The van der Waals surface area contributed by atoms with Crippen molar-refractivity contribution in [1.82, 2.24) is 0 Å². The van der Waals surface area contributed by atoms with Gasteiger partial charge in [0, 0.05) is 12.8 Å². The van der Waals surface area contributed by atoms with Gasteiger partial charge in [-0.1, -0.05) is 223 Å². The third-order valence-electron chi connectivity index (χ3n) is 10.6. The first-order chi connectivity index (χ1) is 33.1. The number of aliphatic hydroxyl groups is 1. The fraction of sp³-hybridized carbons (Fsp3) is 0.548. The van der Waals surface area contributed by atoms with E-state index in [-0.39, 0.29) is 25.2 Å². The first kappa shape index (κ1) is 62.5. The number of aliphatic hydroxyl groups excluding tert-OH is 1. The third-order valence-corrected chi connectivity index (χ3v) is 10.6. The van der Waals surface area contributed by atoms with Crippen molar-refractivity contribution in [2.45, 2.75) is 206 Å². The second-order valence-corrected chi connectivity index (χ2v) is 16.9. The lowest BCUT2D eigenvalue weighted by Crippen LogP contribution is -2.28. The predicted octanol–water partition coefficient (Wildman–Crippen LogP) is 18.0. The predicted molar refractivity (Wildman–Crippen MR) is 292 cm³/mol. The van der Waals surface area contributed by atoms with Crippen LogP contribution < -0.4 is 0 Å². The molecule has 374 valence electrons. The molecule has 0 aliphatic rings. The molecular weight excluding hydrogens is 825 g/mol. The maximum atomic E-state index is 12.3. The zero-order valence-electron chi connectivity index (χ0n) is 42.6. The van der Waals surface area contributed by atoms with Crippen molar-refractivity contribution in [2.24, 2.45) is 0 Å². The van der Waals surface area contributed by atoms with Gasteiger partial charge >= 0.3 is 11.9 Å². The molecule has 0 saturated heterocycles. The van der Waals surface area contributed by atoms with Crippen LogP contribution in [0.15, 0.2) is 158 Å². The lowest BCUT2D eigenvalue weighted by atomic mass is 10.1. The Labute approximate surface area is 411 Å². The molecule has 1 unspecified atom stereocenters. The van der Waals surface area contributed by atoms with Crippen LogP contribution in [0.4, 0.5) is 0 Å². The van der Waals surface area contributed by atoms with Gasteiger partial charge in [-0.3, -0.25) is 9.59 Å². The van der Waals surface area contributed by atoms with Crippen LogP contribution in [0.25, 0.3) is 0 Å². The number of ether oxygens (including phenoxy) is 2. The Hall–Kier alpha value is -4.48. The fourth-order valence-electron chi connectivity index (χ4n) is 6.57. The van der Waals surface area contributed by atoms with Crippen LogP contribution >= 0.6 is 0 Å². The second kappa shape index (κ2) is 55.8. The number of unbranched alkanes of at least 4 members (excludes halogenated alkanes) is 12. The van der Waals surface area contributed by atoms with E-state index < -0.39 is 6.10 Å². The molecular formula is C62H96O5. The van der Waals surface area contributed by atoms with Crippen molar-refractivity contribution in [3.63, 3.8) is 0 Å². The maximum absolute atomic E-state index is 12.3. The van der Waals surface area contributed by atoms with Gasteiger partial charge < -0.3 is 14.6 Å². The first-order valence-corrected chi connectivity index (χ1v) is 26.5. The average molecular weight is 921 g/mol. The van der Waals surface area contributed by atoms with E-state index in [4.69, 9.17) is 9.47 Å². The van der Waals surface area contributed by atoms with Crippen molar-refractivity contribution in [3.05, 3.63) is 158 Å². The van der Waals surface area contributed by atoms with Gasteiger partial charge in [0.15, 0.2) is 6.10 Å². The summed E-state index contributed by atoms with van der Waals surface area (Å²) in [6.45, 7) is 3.94. The maximum Gasteiger partial charge on any atom is 0.306 e. The summed E-state index contributed by atoms with van der Waals surface area (Å²) in [5, 5.41) is 9.61. The summed E-state index contributed by atoms with van der Waals surface area (Å²) in [6.07, 6.45) is 86.3. The van der Waals surface area contributed by atoms with Gasteiger partial charge in [0.2, 0.25) is 0 Å². The highest BCUT2D eigenvalue weighted by atomic mass is 16.6. The number of hydrogen-bond donors (Lipinski definition) is 1. The monoisotopic (exact) mass is 921 g/mol. The molecule has 0 aromatic carbocycles. The standard InChI is InChI=1S/C62H96O5/c1-3-5-7-9-11-13-15-17-19-20-21-22-23-24-25-26-27-28-29-30-31-32-33-34-35-36-37-38-39-40-41-42-43-45-47-49-51-53-55-57-62(65)67-60(58-63)59-66-61(64)56-54-52-50-48-46-44-18-16-14-12-10-8-6-4-2/h5,7,10-13,16-19,21-22,24-25,27-28,30-31,33-34,36-37,39-40,42-43,60,63H,3-4,6,8-9,14-15,20,23,26,29,32,35,38,41,44-59H2,1-2H3/b7-5-,12-10-,13-11-,18-16-,19-17-,22-21-,25-24-,28-27-,31-30-,34-33-,37-36-,40-39-,43-42-. The topological polar surface area (TPSA) is 72.8 Å². The molecule has 5 heteroatoms. The molecule has 0 aromatic heterocycles. The molecule has 1 N–H and O–H groups in total. The van der Waals surface area contributed by atoms with Crippen LogP contribution in [0.3, 0.4) is 0 Å². The van der Waals surface area contributed by atoms with E-state index in [0.29, 0.717) is 12.8 Å². The normalized spacial score (nSPS) is 13.5. The van der Waals surface area contributed by atoms with E-state index in [9.17, 15) is 14.7 Å². The van der Waals surface area contributed by atoms with Crippen molar-refractivity contribution in [3.8, 4) is 0 Å². The summed E-state index contributed by atoms with van der Waals surface area (Å²) in [5.74, 6) is -0.643. The molecule has 0 amide bonds. The zero-order chi connectivity index (χ0) is 48.5. The Kier molecular flexibility index (Phi) is 52.1. The Morgan fingerprint density at radius 3 is 0.970 bits per heavy atom. The van der Waals surface area contributed by atoms with Crippen LogP contribution in [0.5, 0.6) is 0 Å². The van der Waals surface area contributed by atoms with Gasteiger partial charge in [0.25, 0.3) is 0 Å². The molecule has 0 aliphatic carbocycles. The van der Waals surface area contributed by atoms with Gasteiger partial charge in [0.05, 0.1) is 6.61 Å². The molecule has 0 aromatic rings. The number of esters is 2. The summed E-state index contributed by atoms with van der Waals surface area (Å²) in [6, 6.07) is 0. The minimum absolute atomic E-state index is 0.0911. The summed E-state index contributed by atoms with van der Waals surface area (Å²) in [5.41, 5.74) is 0. The molecule has 0 rings (SSSR count). The first-order valence-electron chi connectivity index (χ1n) is 26.5. The number of hydrogen-bond acceptors (Lipinski definition) is 5. The minimum atomic E-state index is -0.799. The molecule has 5 nitrogen and oxygen atoms in total. The molecule has 0 spiro atoms. The van der Waals surface area contributed by atoms with Crippen LogP contribution in [0, 0.1) is 0 Å². The highest BCUT2D eigenvalue weighted by molar-refractivity contribution is 5.70. The smallest absolute Gasteiger partial charge is 0.306 e. The van der Waals surface area contributed by atoms with E-state index in [1.54, 1.807) is 0 Å². The molecule has 67 heavy (non-hydrogen) atoms. The van der Waals surface area contributed by atoms with Gasteiger partial charge in [-0.05, 0) is 122 Å². The van der Waals surface area contributed by atoms with E-state index in [1.807, 2.05) is 0 Å². The minimum Gasteiger partial charge on any atom is -0.462 e. The van der Waals surface area contributed by atoms with E-state index in [0.717, 1.165) is 148 Å². The number of carbonyl (C=O) groups excluding carboxylic acids is 2. The second-order valence-electron chi connectivity index (χ2n) is 16.9. The Balaban J connectivity index is 3.68. The van der Waals surface area contributed by atoms with E-state index >= 15 is 0 Å². The van der Waals surface area contributed by atoms with Gasteiger partial charge in [-0.15, -0.1) is 0 Å². The van der Waals surface area contributed by atoms with Gasteiger partial charge in [-0.2, -0.15) is 0 Å². The Morgan fingerprint density at radius 2 is 0.642 bits per heavy atom. The lowest BCUT2D eigenvalue weighted by Gasteiger charge is -2.15. The molecule has 0 aliphatic heterocycles. The summed E-state index contributed by atoms with van der Waals surface area (Å²) >= 11 is 0. The van der Waals surface area contributed by atoms with Crippen LogP contribution in [-0.2, 0) is 19.1 Å². The van der Waals surface area contributed by atoms with Gasteiger partial charge in [0.1, 0.15) is 6.61 Å². The summed E-state index contributed by atoms with van der Waals surface area (Å²) < 4.78 is 10.6. The van der Waals surface area contributed by atoms with E-state index in [2.05, 4.69) is 172 Å².